The Morgan fingerprint density at radius 2 is 2.25 bits per heavy atom. The van der Waals surface area contributed by atoms with Crippen LogP contribution in [-0.2, 0) is 0 Å². The van der Waals surface area contributed by atoms with E-state index in [1.165, 1.54) is 12.2 Å². The van der Waals surface area contributed by atoms with Gasteiger partial charge in [0.15, 0.2) is 0 Å². The van der Waals surface area contributed by atoms with E-state index in [0.29, 0.717) is 6.42 Å². The second-order valence-electron chi connectivity index (χ2n) is 4.37. The summed E-state index contributed by atoms with van der Waals surface area (Å²) in [6.07, 6.45) is 5.15. The average molecular weight is 226 g/mol. The number of allylic oxidation sites excluding steroid dienone is 1. The largest absolute Gasteiger partial charge is 0.322 e. The molecule has 6 nitrogen and oxygen atoms in total. The van der Waals surface area contributed by atoms with Gasteiger partial charge >= 0.3 is 0 Å². The van der Waals surface area contributed by atoms with Crippen molar-refractivity contribution in [1.29, 1.82) is 0 Å². The highest BCUT2D eigenvalue weighted by Gasteiger charge is 2.33. The molecule has 1 aliphatic carbocycles. The number of nitrogens with two attached hydrogens (primary N) is 2. The maximum atomic E-state index is 10.6. The SMILES string of the molecule is CN(C)CCC1(N)C=CC([N+](=O)[O-])=CC1N. The minimum Gasteiger partial charge on any atom is -0.322 e. The lowest BCUT2D eigenvalue weighted by molar-refractivity contribution is -0.419. The standard InChI is InChI=1S/C10H18N4O2/c1-13(2)6-5-10(12)4-3-8(14(15)16)7-9(10)11/h3-4,7,9H,5-6,11-12H2,1-2H3. The Labute approximate surface area is 94.7 Å². The Kier molecular flexibility index (Phi) is 3.79. The summed E-state index contributed by atoms with van der Waals surface area (Å²) >= 11 is 0. The molecule has 2 unspecified atom stereocenters. The lowest BCUT2D eigenvalue weighted by Gasteiger charge is -2.33. The molecule has 0 bridgehead atoms. The highest BCUT2D eigenvalue weighted by molar-refractivity contribution is 5.29. The third-order valence-corrected chi connectivity index (χ3v) is 2.74. The van der Waals surface area contributed by atoms with Gasteiger partial charge in [0, 0.05) is 12.2 Å². The third-order valence-electron chi connectivity index (χ3n) is 2.74. The molecule has 0 saturated carbocycles. The fourth-order valence-corrected chi connectivity index (χ4v) is 1.54. The van der Waals surface area contributed by atoms with Crippen molar-refractivity contribution in [3.05, 3.63) is 34.0 Å². The summed E-state index contributed by atoms with van der Waals surface area (Å²) in [4.78, 5) is 12.1. The predicted molar refractivity (Wildman–Crippen MR) is 62.3 cm³/mol. The van der Waals surface area contributed by atoms with E-state index in [-0.39, 0.29) is 5.70 Å². The lowest BCUT2D eigenvalue weighted by Crippen LogP contribution is -2.55. The minimum absolute atomic E-state index is 0.0124. The zero-order chi connectivity index (χ0) is 12.3. The summed E-state index contributed by atoms with van der Waals surface area (Å²) < 4.78 is 0. The molecular formula is C10H18N4O2. The van der Waals surface area contributed by atoms with E-state index in [9.17, 15) is 10.1 Å². The first-order chi connectivity index (χ1) is 7.35. The first-order valence-corrected chi connectivity index (χ1v) is 5.10. The van der Waals surface area contributed by atoms with Crippen LogP contribution in [0, 0.1) is 10.1 Å². The van der Waals surface area contributed by atoms with E-state index in [2.05, 4.69) is 0 Å². The summed E-state index contributed by atoms with van der Waals surface area (Å²) in [5.41, 5.74) is 11.3. The van der Waals surface area contributed by atoms with Gasteiger partial charge < -0.3 is 16.4 Å². The van der Waals surface area contributed by atoms with E-state index in [4.69, 9.17) is 11.5 Å². The molecule has 0 saturated heterocycles. The van der Waals surface area contributed by atoms with Crippen LogP contribution >= 0.6 is 0 Å². The topological polar surface area (TPSA) is 98.4 Å². The molecule has 0 aromatic rings. The third kappa shape index (κ3) is 2.88. The first-order valence-electron chi connectivity index (χ1n) is 5.10. The molecule has 0 fully saturated rings. The maximum Gasteiger partial charge on any atom is 0.266 e. The fourth-order valence-electron chi connectivity index (χ4n) is 1.54. The number of nitro groups is 1. The minimum atomic E-state index is -0.691. The van der Waals surface area contributed by atoms with Gasteiger partial charge in [0.25, 0.3) is 5.70 Å². The second-order valence-corrected chi connectivity index (χ2v) is 4.37. The van der Waals surface area contributed by atoms with Gasteiger partial charge in [-0.05, 0) is 27.1 Å². The van der Waals surface area contributed by atoms with Crippen molar-refractivity contribution in [3.8, 4) is 0 Å². The smallest absolute Gasteiger partial charge is 0.266 e. The summed E-state index contributed by atoms with van der Waals surface area (Å²) in [6, 6.07) is -0.516. The molecule has 4 N–H and O–H groups in total. The Morgan fingerprint density at radius 3 is 2.69 bits per heavy atom. The van der Waals surface area contributed by atoms with Gasteiger partial charge in [-0.3, -0.25) is 10.1 Å². The summed E-state index contributed by atoms with van der Waals surface area (Å²) in [6.45, 7) is 0.788. The first kappa shape index (κ1) is 12.8. The van der Waals surface area contributed by atoms with Crippen LogP contribution in [0.5, 0.6) is 0 Å². The van der Waals surface area contributed by atoms with Crippen LogP contribution in [0.3, 0.4) is 0 Å². The molecule has 0 radical (unpaired) electrons. The Bertz CT molecular complexity index is 338. The predicted octanol–water partition coefficient (Wildman–Crippen LogP) is -0.307. The van der Waals surface area contributed by atoms with E-state index in [0.717, 1.165) is 6.54 Å². The van der Waals surface area contributed by atoms with Gasteiger partial charge in [-0.1, -0.05) is 6.08 Å². The molecule has 1 aliphatic rings. The average Bonchev–Trinajstić information content (AvgIpc) is 2.19. The summed E-state index contributed by atoms with van der Waals surface area (Å²) in [7, 11) is 3.89. The zero-order valence-corrected chi connectivity index (χ0v) is 9.59. The van der Waals surface area contributed by atoms with Crippen molar-refractivity contribution in [2.24, 2.45) is 11.5 Å². The van der Waals surface area contributed by atoms with E-state index < -0.39 is 16.5 Å². The number of rotatable bonds is 4. The normalized spacial score (nSPS) is 29.3. The monoisotopic (exact) mass is 226 g/mol. The fraction of sp³-hybridized carbons (Fsp3) is 0.600. The molecule has 0 spiro atoms. The lowest BCUT2D eigenvalue weighted by atomic mass is 9.84. The Morgan fingerprint density at radius 1 is 1.62 bits per heavy atom. The van der Waals surface area contributed by atoms with Crippen LogP contribution in [0.2, 0.25) is 0 Å². The van der Waals surface area contributed by atoms with Crippen LogP contribution < -0.4 is 11.5 Å². The number of hydrogen-bond acceptors (Lipinski definition) is 5. The molecule has 0 amide bonds. The van der Waals surface area contributed by atoms with Crippen molar-refractivity contribution >= 4 is 0 Å². The van der Waals surface area contributed by atoms with Gasteiger partial charge in [0.05, 0.1) is 16.5 Å². The van der Waals surface area contributed by atoms with E-state index in [1.54, 1.807) is 6.08 Å². The van der Waals surface area contributed by atoms with Gasteiger partial charge in [0.1, 0.15) is 0 Å². The maximum absolute atomic E-state index is 10.6. The molecule has 1 rings (SSSR count). The van der Waals surface area contributed by atoms with Gasteiger partial charge in [0.2, 0.25) is 0 Å². The van der Waals surface area contributed by atoms with Crippen LogP contribution in [0.4, 0.5) is 0 Å². The number of hydrogen-bond donors (Lipinski definition) is 2. The molecule has 6 heteroatoms. The molecular weight excluding hydrogens is 208 g/mol. The quantitative estimate of drug-likeness (QED) is 0.506. The molecule has 0 aliphatic heterocycles. The highest BCUT2D eigenvalue weighted by Crippen LogP contribution is 2.21. The van der Waals surface area contributed by atoms with Crippen LogP contribution in [0.25, 0.3) is 0 Å². The van der Waals surface area contributed by atoms with Gasteiger partial charge in [-0.15, -0.1) is 0 Å². The number of nitrogens with zero attached hydrogens (tertiary/aromatic N) is 2. The molecule has 0 aromatic heterocycles. The van der Waals surface area contributed by atoms with Crippen molar-refractivity contribution in [2.75, 3.05) is 20.6 Å². The summed E-state index contributed by atoms with van der Waals surface area (Å²) in [5, 5.41) is 10.6. The highest BCUT2D eigenvalue weighted by atomic mass is 16.6. The molecule has 2 atom stereocenters. The van der Waals surface area contributed by atoms with Crippen molar-refractivity contribution in [2.45, 2.75) is 18.0 Å². The molecule has 16 heavy (non-hydrogen) atoms. The Hall–Kier alpha value is -1.24. The zero-order valence-electron chi connectivity index (χ0n) is 9.59. The van der Waals surface area contributed by atoms with E-state index in [1.807, 2.05) is 19.0 Å². The van der Waals surface area contributed by atoms with Crippen LogP contribution in [0.1, 0.15) is 6.42 Å². The molecule has 0 heterocycles. The van der Waals surface area contributed by atoms with E-state index >= 15 is 0 Å². The van der Waals surface area contributed by atoms with Gasteiger partial charge in [-0.25, -0.2) is 0 Å². The van der Waals surface area contributed by atoms with Crippen LogP contribution in [0.15, 0.2) is 23.9 Å². The van der Waals surface area contributed by atoms with Crippen LogP contribution in [-0.4, -0.2) is 42.0 Å². The second kappa shape index (κ2) is 4.73. The van der Waals surface area contributed by atoms with Gasteiger partial charge in [-0.2, -0.15) is 0 Å². The van der Waals surface area contributed by atoms with Crippen molar-refractivity contribution in [3.63, 3.8) is 0 Å². The van der Waals surface area contributed by atoms with Crippen molar-refractivity contribution < 1.29 is 4.92 Å². The Balaban J connectivity index is 2.73. The molecule has 0 aromatic carbocycles. The molecule has 90 valence electrons. The van der Waals surface area contributed by atoms with Crippen molar-refractivity contribution in [1.82, 2.24) is 4.90 Å². The summed E-state index contributed by atoms with van der Waals surface area (Å²) in [5.74, 6) is 0.